The van der Waals surface area contributed by atoms with Gasteiger partial charge in [0.1, 0.15) is 17.6 Å². The fourth-order valence-electron chi connectivity index (χ4n) is 2.01. The number of phenolic OH excluding ortho intramolecular Hbond substituents is 1. The van der Waals surface area contributed by atoms with E-state index in [2.05, 4.69) is 19.9 Å². The van der Waals surface area contributed by atoms with Crippen molar-refractivity contribution in [2.45, 2.75) is 6.54 Å². The molecule has 0 amide bonds. The summed E-state index contributed by atoms with van der Waals surface area (Å²) in [4.78, 5) is 20.7. The highest BCUT2D eigenvalue weighted by atomic mass is 35.5. The fraction of sp³-hybridized carbons (Fsp3) is 0.154. The highest BCUT2D eigenvalue weighted by molar-refractivity contribution is 6.32. The maximum Gasteiger partial charge on any atom is 0.182 e. The maximum atomic E-state index is 10.00. The zero-order valence-electron chi connectivity index (χ0n) is 11.1. The summed E-state index contributed by atoms with van der Waals surface area (Å²) in [5, 5.41) is 11.8. The number of imidazole rings is 1. The van der Waals surface area contributed by atoms with E-state index in [1.807, 2.05) is 0 Å². The number of anilines is 1. The van der Waals surface area contributed by atoms with E-state index in [4.69, 9.17) is 16.4 Å². The van der Waals surface area contributed by atoms with Crippen LogP contribution in [0.3, 0.4) is 0 Å². The average molecular weight is 306 g/mol. The summed E-state index contributed by atoms with van der Waals surface area (Å²) in [6.07, 6.45) is 2.94. The molecule has 3 aromatic rings. The van der Waals surface area contributed by atoms with Crippen LogP contribution in [0.25, 0.3) is 11.2 Å². The zero-order valence-corrected chi connectivity index (χ0v) is 11.9. The van der Waals surface area contributed by atoms with Gasteiger partial charge in [-0.25, -0.2) is 20.0 Å². The molecule has 0 saturated heterocycles. The van der Waals surface area contributed by atoms with Crippen LogP contribution in [0, 0.1) is 0 Å². The van der Waals surface area contributed by atoms with E-state index >= 15 is 0 Å². The lowest BCUT2D eigenvalue weighted by molar-refractivity contribution is 0.160. The number of para-hydroxylation sites is 1. The maximum absolute atomic E-state index is 10.00. The summed E-state index contributed by atoms with van der Waals surface area (Å²) >= 11 is 5.91. The molecule has 0 atom stereocenters. The molecule has 1 aromatic carbocycles. The Morgan fingerprint density at radius 3 is 3.00 bits per heavy atom. The normalized spacial score (nSPS) is 11.0. The van der Waals surface area contributed by atoms with Crippen molar-refractivity contribution in [1.82, 2.24) is 19.9 Å². The predicted molar refractivity (Wildman–Crippen MR) is 78.0 cm³/mol. The number of H-pyrrole nitrogens is 1. The van der Waals surface area contributed by atoms with Gasteiger partial charge >= 0.3 is 0 Å². The van der Waals surface area contributed by atoms with E-state index in [-0.39, 0.29) is 17.3 Å². The molecule has 0 fully saturated rings. The molecule has 2 aromatic heterocycles. The summed E-state index contributed by atoms with van der Waals surface area (Å²) in [5.74, 6) is 0.551. The van der Waals surface area contributed by atoms with Crippen LogP contribution in [0.1, 0.15) is 5.56 Å². The van der Waals surface area contributed by atoms with Gasteiger partial charge in [-0.15, -0.1) is 0 Å². The van der Waals surface area contributed by atoms with Crippen molar-refractivity contribution in [1.29, 1.82) is 0 Å². The lowest BCUT2D eigenvalue weighted by Crippen LogP contribution is -2.22. The SMILES string of the molecule is CON(Cc1cccc(Cl)c1O)c1ncnc2nc[nH]c12. The quantitative estimate of drug-likeness (QED) is 0.719. The van der Waals surface area contributed by atoms with Crippen LogP contribution in [0.4, 0.5) is 5.82 Å². The topological polar surface area (TPSA) is 87.2 Å². The van der Waals surface area contributed by atoms with Gasteiger partial charge in [0.15, 0.2) is 11.5 Å². The van der Waals surface area contributed by atoms with E-state index in [0.717, 1.165) is 0 Å². The number of nitrogens with one attached hydrogen (secondary N) is 1. The van der Waals surface area contributed by atoms with E-state index in [1.165, 1.54) is 24.8 Å². The Balaban J connectivity index is 1.99. The van der Waals surface area contributed by atoms with E-state index in [1.54, 1.807) is 18.2 Å². The summed E-state index contributed by atoms with van der Waals surface area (Å²) in [6.45, 7) is 0.272. The molecule has 0 bridgehead atoms. The molecule has 0 aliphatic heterocycles. The Labute approximate surface area is 125 Å². The molecule has 2 heterocycles. The first kappa shape index (κ1) is 13.6. The molecule has 0 saturated carbocycles. The average Bonchev–Trinajstić information content (AvgIpc) is 2.97. The number of halogens is 1. The molecular formula is C13H12ClN5O2. The van der Waals surface area contributed by atoms with Crippen molar-refractivity contribution >= 4 is 28.6 Å². The van der Waals surface area contributed by atoms with E-state index < -0.39 is 0 Å². The van der Waals surface area contributed by atoms with Crippen LogP contribution in [-0.2, 0) is 11.4 Å². The van der Waals surface area contributed by atoms with Crippen LogP contribution < -0.4 is 5.06 Å². The number of phenols is 1. The Kier molecular flexibility index (Phi) is 3.59. The molecule has 21 heavy (non-hydrogen) atoms. The Hall–Kier alpha value is -2.38. The number of aromatic hydroxyl groups is 1. The fourth-order valence-corrected chi connectivity index (χ4v) is 2.20. The highest BCUT2D eigenvalue weighted by Gasteiger charge is 2.16. The number of benzene rings is 1. The Morgan fingerprint density at radius 2 is 2.19 bits per heavy atom. The largest absolute Gasteiger partial charge is 0.506 e. The first-order chi connectivity index (χ1) is 10.2. The van der Waals surface area contributed by atoms with Crippen molar-refractivity contribution in [2.75, 3.05) is 12.2 Å². The molecule has 108 valence electrons. The van der Waals surface area contributed by atoms with Crippen molar-refractivity contribution in [2.24, 2.45) is 0 Å². The second kappa shape index (κ2) is 5.55. The first-order valence-corrected chi connectivity index (χ1v) is 6.50. The predicted octanol–water partition coefficient (Wildman–Crippen LogP) is 2.28. The summed E-state index contributed by atoms with van der Waals surface area (Å²) in [7, 11) is 1.52. The third-order valence-corrected chi connectivity index (χ3v) is 3.35. The van der Waals surface area contributed by atoms with Gasteiger partial charge in [-0.05, 0) is 6.07 Å². The molecule has 2 N–H and O–H groups in total. The molecule has 0 aliphatic rings. The summed E-state index contributed by atoms with van der Waals surface area (Å²) in [5.41, 5.74) is 1.81. The van der Waals surface area contributed by atoms with E-state index in [0.29, 0.717) is 22.5 Å². The number of nitrogens with zero attached hydrogens (tertiary/aromatic N) is 4. The van der Waals surface area contributed by atoms with Gasteiger partial charge < -0.3 is 10.1 Å². The molecular weight excluding hydrogens is 294 g/mol. The molecule has 0 spiro atoms. The minimum atomic E-state index is 0.0242. The molecule has 7 nitrogen and oxygen atoms in total. The lowest BCUT2D eigenvalue weighted by atomic mass is 10.2. The minimum Gasteiger partial charge on any atom is -0.506 e. The van der Waals surface area contributed by atoms with Crippen LogP contribution in [0.15, 0.2) is 30.9 Å². The lowest BCUT2D eigenvalue weighted by Gasteiger charge is -2.21. The van der Waals surface area contributed by atoms with Gasteiger partial charge in [-0.2, -0.15) is 0 Å². The summed E-state index contributed by atoms with van der Waals surface area (Å²) in [6, 6.07) is 5.14. The summed E-state index contributed by atoms with van der Waals surface area (Å²) < 4.78 is 0. The Bertz CT molecular complexity index is 776. The second-order valence-electron chi connectivity index (χ2n) is 4.27. The number of aromatic amines is 1. The van der Waals surface area contributed by atoms with Crippen molar-refractivity contribution in [3.63, 3.8) is 0 Å². The smallest absolute Gasteiger partial charge is 0.182 e. The number of hydrogen-bond acceptors (Lipinski definition) is 6. The number of aromatic nitrogens is 4. The van der Waals surface area contributed by atoms with Crippen LogP contribution in [-0.4, -0.2) is 32.2 Å². The standard InChI is InChI=1S/C13H12ClN5O2/c1-21-19(5-8-3-2-4-9(14)11(8)20)13-10-12(16-6-15-10)17-7-18-13/h2-4,6-7,20H,5H2,1H3,(H,15,16,17,18). The molecule has 8 heteroatoms. The number of fused-ring (bicyclic) bond motifs is 1. The van der Waals surface area contributed by atoms with Crippen molar-refractivity contribution in [3.8, 4) is 5.75 Å². The third-order valence-electron chi connectivity index (χ3n) is 3.04. The van der Waals surface area contributed by atoms with Gasteiger partial charge in [0, 0.05) is 5.56 Å². The highest BCUT2D eigenvalue weighted by Crippen LogP contribution is 2.29. The number of hydrogen-bond donors (Lipinski definition) is 2. The van der Waals surface area contributed by atoms with Gasteiger partial charge in [-0.3, -0.25) is 4.84 Å². The first-order valence-electron chi connectivity index (χ1n) is 6.12. The van der Waals surface area contributed by atoms with Crippen molar-refractivity contribution in [3.05, 3.63) is 41.4 Å². The molecule has 0 unspecified atom stereocenters. The molecule has 0 radical (unpaired) electrons. The van der Waals surface area contributed by atoms with Crippen molar-refractivity contribution < 1.29 is 9.94 Å². The van der Waals surface area contributed by atoms with E-state index in [9.17, 15) is 5.11 Å². The Morgan fingerprint density at radius 1 is 1.33 bits per heavy atom. The molecule has 0 aliphatic carbocycles. The van der Waals surface area contributed by atoms with Crippen LogP contribution >= 0.6 is 11.6 Å². The van der Waals surface area contributed by atoms with Gasteiger partial charge in [0.25, 0.3) is 0 Å². The van der Waals surface area contributed by atoms with Crippen LogP contribution in [0.2, 0.25) is 5.02 Å². The number of hydroxylamine groups is 1. The van der Waals surface area contributed by atoms with Gasteiger partial charge in [0.05, 0.1) is 25.0 Å². The number of rotatable bonds is 4. The minimum absolute atomic E-state index is 0.0242. The van der Waals surface area contributed by atoms with Gasteiger partial charge in [0.2, 0.25) is 0 Å². The third kappa shape index (κ3) is 2.48. The van der Waals surface area contributed by atoms with Crippen LogP contribution in [0.5, 0.6) is 5.75 Å². The molecule has 3 rings (SSSR count). The second-order valence-corrected chi connectivity index (χ2v) is 4.67. The zero-order chi connectivity index (χ0) is 14.8. The monoisotopic (exact) mass is 305 g/mol. The van der Waals surface area contributed by atoms with Gasteiger partial charge in [-0.1, -0.05) is 23.7 Å².